The number of rotatable bonds is 6. The minimum atomic E-state index is 0.463. The predicted octanol–water partition coefficient (Wildman–Crippen LogP) is 2.65. The lowest BCUT2D eigenvalue weighted by molar-refractivity contribution is 0.564. The zero-order valence-corrected chi connectivity index (χ0v) is 15.1. The van der Waals surface area contributed by atoms with Crippen LogP contribution >= 0.6 is 35.0 Å². The summed E-state index contributed by atoms with van der Waals surface area (Å²) in [4.78, 5) is 0. The summed E-state index contributed by atoms with van der Waals surface area (Å²) in [5.74, 6) is 7.86. The molecule has 3 rings (SSSR count). The number of nitrogen functional groups attached to an aromatic ring is 1. The minimum absolute atomic E-state index is 0.463. The fourth-order valence-electron chi connectivity index (χ4n) is 2.07. The average Bonchev–Trinajstić information content (AvgIpc) is 3.13. The Hall–Kier alpha value is -1.84. The van der Waals surface area contributed by atoms with Gasteiger partial charge in [-0.2, -0.15) is 0 Å². The molecule has 8 nitrogen and oxygen atoms in total. The van der Waals surface area contributed by atoms with E-state index in [0.717, 1.165) is 18.8 Å². The van der Waals surface area contributed by atoms with E-state index in [4.69, 9.17) is 29.0 Å². The second kappa shape index (κ2) is 7.37. The second-order valence-electron chi connectivity index (χ2n) is 4.91. The highest BCUT2D eigenvalue weighted by Gasteiger charge is 2.16. The van der Waals surface area contributed by atoms with Gasteiger partial charge in [-0.25, -0.2) is 9.36 Å². The van der Waals surface area contributed by atoms with E-state index in [0.29, 0.717) is 32.3 Å². The van der Waals surface area contributed by atoms with Crippen LogP contribution in [0.5, 0.6) is 0 Å². The van der Waals surface area contributed by atoms with Gasteiger partial charge in [0.1, 0.15) is 0 Å². The highest BCUT2D eigenvalue weighted by molar-refractivity contribution is 7.98. The van der Waals surface area contributed by atoms with Crippen molar-refractivity contribution in [3.8, 4) is 11.4 Å². The number of halogens is 2. The lowest BCUT2D eigenvalue weighted by atomic mass is 10.2. The van der Waals surface area contributed by atoms with Crippen molar-refractivity contribution < 1.29 is 0 Å². The minimum Gasteiger partial charge on any atom is -0.335 e. The number of hydrogen-bond donors (Lipinski definition) is 1. The van der Waals surface area contributed by atoms with E-state index in [1.165, 1.54) is 16.4 Å². The first-order valence-corrected chi connectivity index (χ1v) is 8.88. The Morgan fingerprint density at radius 1 is 1.21 bits per heavy atom. The normalized spacial score (nSPS) is 11.1. The molecule has 2 N–H and O–H groups in total. The largest absolute Gasteiger partial charge is 0.335 e. The maximum Gasteiger partial charge on any atom is 0.210 e. The van der Waals surface area contributed by atoms with Gasteiger partial charge in [-0.1, -0.05) is 41.9 Å². The van der Waals surface area contributed by atoms with Crippen molar-refractivity contribution in [2.45, 2.75) is 30.8 Å². The summed E-state index contributed by atoms with van der Waals surface area (Å²) >= 11 is 13.5. The SMILES string of the molecule is CCCn1nnnc1CSc1nnc(-c2ccc(Cl)cc2Cl)n1N. The molecule has 0 bridgehead atoms. The quantitative estimate of drug-likeness (QED) is 0.514. The Morgan fingerprint density at radius 2 is 2.04 bits per heavy atom. The molecule has 0 aliphatic heterocycles. The van der Waals surface area contributed by atoms with Crippen molar-refractivity contribution in [3.63, 3.8) is 0 Å². The van der Waals surface area contributed by atoms with Crippen LogP contribution in [0.25, 0.3) is 11.4 Å². The van der Waals surface area contributed by atoms with Crippen molar-refractivity contribution in [3.05, 3.63) is 34.1 Å². The number of hydrogen-bond acceptors (Lipinski definition) is 7. The monoisotopic (exact) mass is 384 g/mol. The molecule has 24 heavy (non-hydrogen) atoms. The van der Waals surface area contributed by atoms with E-state index >= 15 is 0 Å². The lowest BCUT2D eigenvalue weighted by Gasteiger charge is -2.06. The maximum absolute atomic E-state index is 6.20. The average molecular weight is 385 g/mol. The number of thioether (sulfide) groups is 1. The van der Waals surface area contributed by atoms with Crippen molar-refractivity contribution in [2.75, 3.05) is 5.84 Å². The fourth-order valence-corrected chi connectivity index (χ4v) is 3.35. The summed E-state index contributed by atoms with van der Waals surface area (Å²) in [7, 11) is 0. The Kier molecular flexibility index (Phi) is 5.22. The molecule has 0 aliphatic carbocycles. The number of nitrogens with two attached hydrogens (primary N) is 1. The van der Waals surface area contributed by atoms with E-state index in [1.807, 2.05) is 0 Å². The highest BCUT2D eigenvalue weighted by atomic mass is 35.5. The number of benzene rings is 1. The molecule has 0 aliphatic rings. The third-order valence-corrected chi connectivity index (χ3v) is 4.70. The summed E-state index contributed by atoms with van der Waals surface area (Å²) < 4.78 is 3.16. The number of nitrogens with zero attached hydrogens (tertiary/aromatic N) is 7. The van der Waals surface area contributed by atoms with Crippen LogP contribution < -0.4 is 5.84 Å². The van der Waals surface area contributed by atoms with Crippen LogP contribution in [0.2, 0.25) is 10.0 Å². The van der Waals surface area contributed by atoms with E-state index in [2.05, 4.69) is 32.6 Å². The molecule has 0 amide bonds. The molecular weight excluding hydrogens is 371 g/mol. The zero-order chi connectivity index (χ0) is 17.1. The van der Waals surface area contributed by atoms with Gasteiger partial charge < -0.3 is 5.84 Å². The highest BCUT2D eigenvalue weighted by Crippen LogP contribution is 2.30. The van der Waals surface area contributed by atoms with E-state index in [1.54, 1.807) is 22.9 Å². The van der Waals surface area contributed by atoms with Crippen LogP contribution in [0.4, 0.5) is 0 Å². The van der Waals surface area contributed by atoms with Gasteiger partial charge in [0.15, 0.2) is 11.6 Å². The van der Waals surface area contributed by atoms with Crippen LogP contribution in [-0.4, -0.2) is 35.1 Å². The third kappa shape index (κ3) is 3.47. The summed E-state index contributed by atoms with van der Waals surface area (Å²) in [6.45, 7) is 2.83. The Balaban J connectivity index is 1.79. The van der Waals surface area contributed by atoms with Crippen LogP contribution in [0.1, 0.15) is 19.2 Å². The van der Waals surface area contributed by atoms with Crippen molar-refractivity contribution in [1.29, 1.82) is 0 Å². The van der Waals surface area contributed by atoms with Gasteiger partial charge in [-0.05, 0) is 35.0 Å². The van der Waals surface area contributed by atoms with E-state index < -0.39 is 0 Å². The smallest absolute Gasteiger partial charge is 0.210 e. The van der Waals surface area contributed by atoms with Gasteiger partial charge >= 0.3 is 0 Å². The fraction of sp³-hybridized carbons (Fsp3) is 0.308. The molecule has 0 atom stereocenters. The summed E-state index contributed by atoms with van der Waals surface area (Å²) in [5.41, 5.74) is 0.665. The van der Waals surface area contributed by atoms with Crippen molar-refractivity contribution >= 4 is 35.0 Å². The Bertz CT molecular complexity index is 846. The van der Waals surface area contributed by atoms with Gasteiger partial charge in [0.05, 0.1) is 10.8 Å². The van der Waals surface area contributed by atoms with Gasteiger partial charge in [0.2, 0.25) is 5.16 Å². The molecule has 0 spiro atoms. The molecule has 0 saturated carbocycles. The molecule has 3 aromatic rings. The van der Waals surface area contributed by atoms with Crippen LogP contribution in [-0.2, 0) is 12.3 Å². The van der Waals surface area contributed by atoms with Crippen molar-refractivity contribution in [1.82, 2.24) is 35.1 Å². The molecule has 0 radical (unpaired) electrons. The number of tetrazole rings is 1. The van der Waals surface area contributed by atoms with Gasteiger partial charge in [-0.15, -0.1) is 15.3 Å². The summed E-state index contributed by atoms with van der Waals surface area (Å²) in [6.07, 6.45) is 0.953. The summed E-state index contributed by atoms with van der Waals surface area (Å²) in [6, 6.07) is 5.12. The molecule has 126 valence electrons. The third-order valence-electron chi connectivity index (χ3n) is 3.21. The van der Waals surface area contributed by atoms with E-state index in [-0.39, 0.29) is 0 Å². The van der Waals surface area contributed by atoms with Gasteiger partial charge in [0.25, 0.3) is 0 Å². The first-order chi connectivity index (χ1) is 11.6. The van der Waals surface area contributed by atoms with Crippen LogP contribution in [0, 0.1) is 0 Å². The first-order valence-electron chi connectivity index (χ1n) is 7.14. The Labute approximate surface area is 152 Å². The first kappa shape index (κ1) is 17.0. The Morgan fingerprint density at radius 3 is 2.79 bits per heavy atom. The molecule has 11 heteroatoms. The molecular formula is C13H14Cl2N8S. The molecule has 2 heterocycles. The van der Waals surface area contributed by atoms with Crippen molar-refractivity contribution in [2.24, 2.45) is 0 Å². The van der Waals surface area contributed by atoms with E-state index in [9.17, 15) is 0 Å². The maximum atomic E-state index is 6.20. The standard InChI is InChI=1S/C13H14Cl2N8S/c1-2-5-22-11(17-20-21-22)7-24-13-19-18-12(23(13)16)9-4-3-8(14)6-10(9)15/h3-4,6H,2,5,7,16H2,1H3. The second-order valence-corrected chi connectivity index (χ2v) is 6.69. The molecule has 0 unspecified atom stereocenters. The molecule has 2 aromatic heterocycles. The predicted molar refractivity (Wildman–Crippen MR) is 93.3 cm³/mol. The van der Waals surface area contributed by atoms with Gasteiger partial charge in [0, 0.05) is 17.1 Å². The number of aromatic nitrogens is 7. The molecule has 1 aromatic carbocycles. The van der Waals surface area contributed by atoms with Crippen LogP contribution in [0.15, 0.2) is 23.4 Å². The van der Waals surface area contributed by atoms with Crippen LogP contribution in [0.3, 0.4) is 0 Å². The summed E-state index contributed by atoms with van der Waals surface area (Å²) in [5, 5.41) is 21.4. The van der Waals surface area contributed by atoms with Gasteiger partial charge in [-0.3, -0.25) is 0 Å². The lowest BCUT2D eigenvalue weighted by Crippen LogP contribution is -2.12. The topological polar surface area (TPSA) is 100 Å². The molecule has 0 fully saturated rings. The number of aryl methyl sites for hydroxylation is 1. The zero-order valence-electron chi connectivity index (χ0n) is 12.7. The molecule has 0 saturated heterocycles.